The van der Waals surface area contributed by atoms with Gasteiger partial charge in [0.25, 0.3) is 0 Å². The third-order valence-electron chi connectivity index (χ3n) is 1.15. The molecule has 0 unspecified atom stereocenters. The zero-order valence-electron chi connectivity index (χ0n) is 7.44. The summed E-state index contributed by atoms with van der Waals surface area (Å²) in [6.45, 7) is 1.41. The fourth-order valence-electron chi connectivity index (χ4n) is 0.537. The molecule has 0 radical (unpaired) electrons. The van der Waals surface area contributed by atoms with E-state index in [1.165, 1.54) is 14.0 Å². The number of carbonyl (C=O) groups is 1. The minimum Gasteiger partial charge on any atom is -0.510 e. The first kappa shape index (κ1) is 11.6. The molecule has 6 heteroatoms. The Balaban J connectivity index is 4.09. The smallest absolute Gasteiger partial charge is 0.364 e. The standard InChI is InChI=1S/C7H11NO5/c1-5(9)6(8-11)7(10)13-4-3-12-2/h9H,3-4H2,1-2H3. The molecule has 0 rings (SSSR count). The maximum atomic E-state index is 10.9. The number of allylic oxidation sites excluding steroid dienone is 1. The molecule has 0 aromatic heterocycles. The highest BCUT2D eigenvalue weighted by molar-refractivity contribution is 5.88. The second-order valence-electron chi connectivity index (χ2n) is 2.15. The van der Waals surface area contributed by atoms with Gasteiger partial charge in [-0.3, -0.25) is 0 Å². The number of esters is 1. The van der Waals surface area contributed by atoms with Crippen molar-refractivity contribution in [3.8, 4) is 0 Å². The Hall–Kier alpha value is -1.43. The lowest BCUT2D eigenvalue weighted by Gasteiger charge is -2.02. The van der Waals surface area contributed by atoms with Gasteiger partial charge in [-0.2, -0.15) is 0 Å². The normalized spacial score (nSPS) is 11.8. The van der Waals surface area contributed by atoms with E-state index in [-0.39, 0.29) is 13.2 Å². The fourth-order valence-corrected chi connectivity index (χ4v) is 0.537. The Labute approximate surface area is 75.1 Å². The van der Waals surface area contributed by atoms with Crippen LogP contribution in [-0.2, 0) is 14.3 Å². The lowest BCUT2D eigenvalue weighted by molar-refractivity contribution is -0.140. The number of aliphatic hydroxyl groups is 1. The number of rotatable bonds is 5. The summed E-state index contributed by atoms with van der Waals surface area (Å²) in [5, 5.41) is 11.1. The highest BCUT2D eigenvalue weighted by Gasteiger charge is 2.15. The Morgan fingerprint density at radius 2 is 2.08 bits per heavy atom. The number of hydrogen-bond acceptors (Lipinski definition) is 6. The number of carbonyl (C=O) groups excluding carboxylic acids is 1. The highest BCUT2D eigenvalue weighted by atomic mass is 16.6. The van der Waals surface area contributed by atoms with Crippen molar-refractivity contribution in [1.82, 2.24) is 0 Å². The predicted molar refractivity (Wildman–Crippen MR) is 44.0 cm³/mol. The van der Waals surface area contributed by atoms with Gasteiger partial charge in [0.15, 0.2) is 0 Å². The Morgan fingerprint density at radius 3 is 2.46 bits per heavy atom. The monoisotopic (exact) mass is 189 g/mol. The van der Waals surface area contributed by atoms with Crippen LogP contribution in [0.3, 0.4) is 0 Å². The Morgan fingerprint density at radius 1 is 1.46 bits per heavy atom. The molecular weight excluding hydrogens is 178 g/mol. The average molecular weight is 189 g/mol. The van der Waals surface area contributed by atoms with Crippen LogP contribution in [-0.4, -0.2) is 31.4 Å². The first-order chi connectivity index (χ1) is 6.13. The van der Waals surface area contributed by atoms with Crippen molar-refractivity contribution in [2.24, 2.45) is 5.18 Å². The minimum absolute atomic E-state index is 0.0155. The summed E-state index contributed by atoms with van der Waals surface area (Å²) in [6.07, 6.45) is 0. The Kier molecular flexibility index (Phi) is 5.45. The van der Waals surface area contributed by atoms with Crippen molar-refractivity contribution in [2.45, 2.75) is 6.92 Å². The molecule has 0 spiro atoms. The van der Waals surface area contributed by atoms with Gasteiger partial charge >= 0.3 is 5.97 Å². The second-order valence-corrected chi connectivity index (χ2v) is 2.15. The number of hydrogen-bond donors (Lipinski definition) is 1. The SMILES string of the molecule is COCCOC(=O)C(N=O)=C(C)O. The molecule has 0 aliphatic carbocycles. The molecule has 0 fully saturated rings. The summed E-state index contributed by atoms with van der Waals surface area (Å²) in [5.41, 5.74) is -0.615. The summed E-state index contributed by atoms with van der Waals surface area (Å²) in [7, 11) is 1.44. The topological polar surface area (TPSA) is 85.2 Å². The molecule has 0 aromatic carbocycles. The van der Waals surface area contributed by atoms with Gasteiger partial charge in [0.2, 0.25) is 5.70 Å². The van der Waals surface area contributed by atoms with Crippen molar-refractivity contribution < 1.29 is 19.4 Å². The first-order valence-electron chi connectivity index (χ1n) is 3.52. The largest absolute Gasteiger partial charge is 0.510 e. The van der Waals surface area contributed by atoms with Gasteiger partial charge in [-0.1, -0.05) is 0 Å². The molecule has 13 heavy (non-hydrogen) atoms. The summed E-state index contributed by atoms with van der Waals surface area (Å²) >= 11 is 0. The summed E-state index contributed by atoms with van der Waals surface area (Å²) < 4.78 is 9.12. The van der Waals surface area contributed by atoms with Crippen LogP contribution in [0.15, 0.2) is 16.6 Å². The van der Waals surface area contributed by atoms with Crippen LogP contribution < -0.4 is 0 Å². The van der Waals surface area contributed by atoms with Gasteiger partial charge in [0, 0.05) is 7.11 Å². The van der Waals surface area contributed by atoms with Crippen molar-refractivity contribution in [1.29, 1.82) is 0 Å². The molecule has 0 aliphatic heterocycles. The van der Waals surface area contributed by atoms with Crippen LogP contribution in [0.4, 0.5) is 0 Å². The lowest BCUT2D eigenvalue weighted by atomic mass is 10.4. The maximum Gasteiger partial charge on any atom is 0.364 e. The molecule has 0 aliphatic rings. The minimum atomic E-state index is -0.952. The maximum absolute atomic E-state index is 10.9. The molecule has 0 heterocycles. The van der Waals surface area contributed by atoms with Gasteiger partial charge in [-0.25, -0.2) is 4.79 Å². The van der Waals surface area contributed by atoms with E-state index in [4.69, 9.17) is 5.11 Å². The summed E-state index contributed by atoms with van der Waals surface area (Å²) in [6, 6.07) is 0. The van der Waals surface area contributed by atoms with Gasteiger partial charge in [0.1, 0.15) is 12.4 Å². The quantitative estimate of drug-likeness (QED) is 0.226. The predicted octanol–water partition coefficient (Wildman–Crippen LogP) is 0.732. The van der Waals surface area contributed by atoms with Gasteiger partial charge in [-0.15, -0.1) is 4.91 Å². The lowest BCUT2D eigenvalue weighted by Crippen LogP contribution is -2.12. The third-order valence-corrected chi connectivity index (χ3v) is 1.15. The van der Waals surface area contributed by atoms with E-state index in [2.05, 4.69) is 14.7 Å². The zero-order chi connectivity index (χ0) is 10.3. The van der Waals surface area contributed by atoms with Crippen LogP contribution in [0.25, 0.3) is 0 Å². The van der Waals surface area contributed by atoms with Crippen LogP contribution in [0.5, 0.6) is 0 Å². The molecule has 0 amide bonds. The van der Waals surface area contributed by atoms with Crippen molar-refractivity contribution in [3.63, 3.8) is 0 Å². The van der Waals surface area contributed by atoms with E-state index >= 15 is 0 Å². The van der Waals surface area contributed by atoms with Gasteiger partial charge in [0.05, 0.1) is 6.61 Å². The number of nitrogens with zero attached hydrogens (tertiary/aromatic N) is 1. The second kappa shape index (κ2) is 6.13. The molecule has 0 atom stereocenters. The number of nitroso groups, excluding NO2 is 1. The molecule has 6 nitrogen and oxygen atoms in total. The number of ether oxygens (including phenoxy) is 2. The van der Waals surface area contributed by atoms with Crippen LogP contribution >= 0.6 is 0 Å². The third kappa shape index (κ3) is 4.22. The molecular formula is C7H11NO5. The van der Waals surface area contributed by atoms with Crippen LogP contribution in [0.2, 0.25) is 0 Å². The van der Waals surface area contributed by atoms with E-state index in [0.717, 1.165) is 0 Å². The van der Waals surface area contributed by atoms with Gasteiger partial charge < -0.3 is 14.6 Å². The molecule has 1 N–H and O–H groups in total. The highest BCUT2D eigenvalue weighted by Crippen LogP contribution is 2.04. The van der Waals surface area contributed by atoms with Crippen LogP contribution in [0, 0.1) is 4.91 Å². The average Bonchev–Trinajstić information content (AvgIpc) is 2.05. The molecule has 74 valence electrons. The van der Waals surface area contributed by atoms with Crippen molar-refractivity contribution >= 4 is 5.97 Å². The molecule has 0 aromatic rings. The first-order valence-corrected chi connectivity index (χ1v) is 3.52. The van der Waals surface area contributed by atoms with Crippen molar-refractivity contribution in [3.05, 3.63) is 16.4 Å². The van der Waals surface area contributed by atoms with E-state index in [1.807, 2.05) is 0 Å². The van der Waals surface area contributed by atoms with E-state index in [1.54, 1.807) is 0 Å². The fraction of sp³-hybridized carbons (Fsp3) is 0.571. The zero-order valence-corrected chi connectivity index (χ0v) is 7.44. The van der Waals surface area contributed by atoms with E-state index in [0.29, 0.717) is 0 Å². The molecule has 0 saturated heterocycles. The summed E-state index contributed by atoms with van der Waals surface area (Å²) in [5.74, 6) is -1.41. The van der Waals surface area contributed by atoms with Crippen LogP contribution in [0.1, 0.15) is 6.92 Å². The van der Waals surface area contributed by atoms with E-state index in [9.17, 15) is 9.70 Å². The van der Waals surface area contributed by atoms with Gasteiger partial charge in [-0.05, 0) is 12.1 Å². The molecule has 0 bridgehead atoms. The molecule has 0 saturated carbocycles. The summed E-state index contributed by atoms with van der Waals surface area (Å²) in [4.78, 5) is 20.9. The Bertz CT molecular complexity index is 219. The number of methoxy groups -OCH3 is 1. The van der Waals surface area contributed by atoms with Crippen molar-refractivity contribution in [2.75, 3.05) is 20.3 Å². The van der Waals surface area contributed by atoms with E-state index < -0.39 is 17.4 Å². The number of aliphatic hydroxyl groups excluding tert-OH is 1.